The van der Waals surface area contributed by atoms with Gasteiger partial charge in [-0.05, 0) is 35.2 Å². The van der Waals surface area contributed by atoms with E-state index in [9.17, 15) is 4.79 Å². The molecule has 0 saturated carbocycles. The first kappa shape index (κ1) is 14.3. The molecular formula is C17H16BrNO2. The van der Waals surface area contributed by atoms with Crippen molar-refractivity contribution in [1.82, 2.24) is 5.32 Å². The Morgan fingerprint density at radius 3 is 2.95 bits per heavy atom. The highest BCUT2D eigenvalue weighted by atomic mass is 79.9. The van der Waals surface area contributed by atoms with Crippen LogP contribution in [-0.2, 0) is 22.6 Å². The van der Waals surface area contributed by atoms with Crippen molar-refractivity contribution in [2.75, 3.05) is 6.54 Å². The van der Waals surface area contributed by atoms with E-state index in [1.54, 1.807) is 0 Å². The lowest BCUT2D eigenvalue weighted by molar-refractivity contribution is -0.147. The summed E-state index contributed by atoms with van der Waals surface area (Å²) >= 11 is 3.41. The van der Waals surface area contributed by atoms with E-state index in [0.29, 0.717) is 6.61 Å². The minimum Gasteiger partial charge on any atom is -0.459 e. The molecule has 0 bridgehead atoms. The van der Waals surface area contributed by atoms with Crippen molar-refractivity contribution in [3.05, 3.63) is 69.7 Å². The molecule has 0 fully saturated rings. The largest absolute Gasteiger partial charge is 0.459 e. The molecule has 21 heavy (non-hydrogen) atoms. The van der Waals surface area contributed by atoms with Crippen LogP contribution in [0.15, 0.2) is 53.0 Å². The van der Waals surface area contributed by atoms with Crippen LogP contribution in [0.5, 0.6) is 0 Å². The first-order valence-corrected chi connectivity index (χ1v) is 7.75. The SMILES string of the molecule is O=C(OCc1cccc(Br)c1)C1NCCc2ccccc21. The van der Waals surface area contributed by atoms with Crippen molar-refractivity contribution in [3.63, 3.8) is 0 Å². The van der Waals surface area contributed by atoms with Crippen molar-refractivity contribution < 1.29 is 9.53 Å². The standard InChI is InChI=1S/C17H16BrNO2/c18-14-6-3-4-12(10-14)11-21-17(20)16-15-7-2-1-5-13(15)8-9-19-16/h1-7,10,16,19H,8-9,11H2. The maximum atomic E-state index is 12.3. The average Bonchev–Trinajstić information content (AvgIpc) is 2.52. The normalized spacial score (nSPS) is 17.1. The van der Waals surface area contributed by atoms with E-state index in [2.05, 4.69) is 27.3 Å². The van der Waals surface area contributed by atoms with Gasteiger partial charge in [0.15, 0.2) is 0 Å². The van der Waals surface area contributed by atoms with Crippen molar-refractivity contribution in [2.24, 2.45) is 0 Å². The Labute approximate surface area is 132 Å². The summed E-state index contributed by atoms with van der Waals surface area (Å²) in [5.74, 6) is -0.220. The van der Waals surface area contributed by atoms with Gasteiger partial charge in [0.05, 0.1) is 0 Å². The second-order valence-electron chi connectivity index (χ2n) is 5.07. The predicted molar refractivity (Wildman–Crippen MR) is 84.8 cm³/mol. The van der Waals surface area contributed by atoms with Crippen molar-refractivity contribution >= 4 is 21.9 Å². The highest BCUT2D eigenvalue weighted by molar-refractivity contribution is 9.10. The number of hydrogen-bond acceptors (Lipinski definition) is 3. The maximum Gasteiger partial charge on any atom is 0.328 e. The van der Waals surface area contributed by atoms with Crippen molar-refractivity contribution in [3.8, 4) is 0 Å². The molecule has 3 nitrogen and oxygen atoms in total. The lowest BCUT2D eigenvalue weighted by Crippen LogP contribution is -2.36. The van der Waals surface area contributed by atoms with Crippen LogP contribution in [0.1, 0.15) is 22.7 Å². The molecule has 1 N–H and O–H groups in total. The molecule has 0 aromatic heterocycles. The molecule has 1 heterocycles. The lowest BCUT2D eigenvalue weighted by atomic mass is 9.94. The maximum absolute atomic E-state index is 12.3. The zero-order valence-electron chi connectivity index (χ0n) is 11.5. The summed E-state index contributed by atoms with van der Waals surface area (Å²) in [5.41, 5.74) is 3.23. The number of hydrogen-bond donors (Lipinski definition) is 1. The second kappa shape index (κ2) is 6.41. The molecule has 0 aliphatic carbocycles. The van der Waals surface area contributed by atoms with Crippen LogP contribution in [0, 0.1) is 0 Å². The Bertz CT molecular complexity index is 657. The molecule has 1 aliphatic heterocycles. The van der Waals surface area contributed by atoms with Crippen LogP contribution < -0.4 is 5.32 Å². The number of ether oxygens (including phenoxy) is 1. The van der Waals surface area contributed by atoms with Gasteiger partial charge in [-0.1, -0.05) is 52.3 Å². The summed E-state index contributed by atoms with van der Waals surface area (Å²) in [6.07, 6.45) is 0.950. The Morgan fingerprint density at radius 2 is 2.10 bits per heavy atom. The molecule has 0 saturated heterocycles. The number of halogens is 1. The number of esters is 1. The molecule has 1 aliphatic rings. The van der Waals surface area contributed by atoms with Crippen LogP contribution >= 0.6 is 15.9 Å². The van der Waals surface area contributed by atoms with Crippen molar-refractivity contribution in [2.45, 2.75) is 19.1 Å². The Hall–Kier alpha value is -1.65. The predicted octanol–water partition coefficient (Wildman–Crippen LogP) is 3.38. The van der Waals surface area contributed by atoms with Gasteiger partial charge in [0, 0.05) is 11.0 Å². The molecule has 1 atom stereocenters. The summed E-state index contributed by atoms with van der Waals surface area (Å²) in [5, 5.41) is 3.24. The smallest absolute Gasteiger partial charge is 0.328 e. The van der Waals surface area contributed by atoms with Gasteiger partial charge in [0.25, 0.3) is 0 Å². The monoisotopic (exact) mass is 345 g/mol. The molecule has 4 heteroatoms. The molecule has 0 amide bonds. The third-order valence-electron chi connectivity index (χ3n) is 3.61. The van der Waals surface area contributed by atoms with Crippen LogP contribution in [-0.4, -0.2) is 12.5 Å². The van der Waals surface area contributed by atoms with Gasteiger partial charge in [-0.2, -0.15) is 0 Å². The van der Waals surface area contributed by atoms with Gasteiger partial charge < -0.3 is 10.1 Å². The summed E-state index contributed by atoms with van der Waals surface area (Å²) in [6, 6.07) is 15.5. The van der Waals surface area contributed by atoms with Gasteiger partial charge in [0.2, 0.25) is 0 Å². The minimum absolute atomic E-state index is 0.220. The van der Waals surface area contributed by atoms with E-state index in [1.807, 2.05) is 42.5 Å². The van der Waals surface area contributed by atoms with E-state index >= 15 is 0 Å². The number of carbonyl (C=O) groups excluding carboxylic acids is 1. The third-order valence-corrected chi connectivity index (χ3v) is 4.11. The molecule has 1 unspecified atom stereocenters. The second-order valence-corrected chi connectivity index (χ2v) is 5.99. The average molecular weight is 346 g/mol. The van der Waals surface area contributed by atoms with Crippen LogP contribution in [0.4, 0.5) is 0 Å². The first-order chi connectivity index (χ1) is 10.2. The fourth-order valence-electron chi connectivity index (χ4n) is 2.58. The molecular weight excluding hydrogens is 330 g/mol. The Morgan fingerprint density at radius 1 is 1.24 bits per heavy atom. The number of benzene rings is 2. The van der Waals surface area contributed by atoms with Gasteiger partial charge in [-0.3, -0.25) is 0 Å². The fourth-order valence-corrected chi connectivity index (χ4v) is 3.03. The zero-order valence-corrected chi connectivity index (χ0v) is 13.1. The molecule has 3 rings (SSSR count). The number of nitrogens with one attached hydrogen (secondary N) is 1. The number of carbonyl (C=O) groups is 1. The van der Waals surface area contributed by atoms with Crippen LogP contribution in [0.3, 0.4) is 0 Å². The quantitative estimate of drug-likeness (QED) is 0.866. The molecule has 0 radical (unpaired) electrons. The topological polar surface area (TPSA) is 38.3 Å². The molecule has 2 aromatic rings. The van der Waals surface area contributed by atoms with Crippen molar-refractivity contribution in [1.29, 1.82) is 0 Å². The highest BCUT2D eigenvalue weighted by Crippen LogP contribution is 2.24. The highest BCUT2D eigenvalue weighted by Gasteiger charge is 2.26. The number of fused-ring (bicyclic) bond motifs is 1. The van der Waals surface area contributed by atoms with E-state index in [4.69, 9.17) is 4.74 Å². The van der Waals surface area contributed by atoms with E-state index < -0.39 is 0 Å². The summed E-state index contributed by atoms with van der Waals surface area (Å²) in [7, 11) is 0. The molecule has 2 aromatic carbocycles. The van der Waals surface area contributed by atoms with E-state index in [0.717, 1.165) is 28.6 Å². The van der Waals surface area contributed by atoms with E-state index in [1.165, 1.54) is 5.56 Å². The summed E-state index contributed by atoms with van der Waals surface area (Å²) in [6.45, 7) is 1.09. The van der Waals surface area contributed by atoms with Gasteiger partial charge >= 0.3 is 5.97 Å². The minimum atomic E-state index is -0.359. The molecule has 0 spiro atoms. The van der Waals surface area contributed by atoms with Crippen LogP contribution in [0.2, 0.25) is 0 Å². The van der Waals surface area contributed by atoms with Gasteiger partial charge in [0.1, 0.15) is 12.6 Å². The summed E-state index contributed by atoms with van der Waals surface area (Å²) < 4.78 is 6.44. The fraction of sp³-hybridized carbons (Fsp3) is 0.235. The summed E-state index contributed by atoms with van der Waals surface area (Å²) in [4.78, 5) is 12.3. The Kier molecular flexibility index (Phi) is 4.36. The van der Waals surface area contributed by atoms with Gasteiger partial charge in [-0.25, -0.2) is 4.79 Å². The van der Waals surface area contributed by atoms with Crippen LogP contribution in [0.25, 0.3) is 0 Å². The van der Waals surface area contributed by atoms with E-state index in [-0.39, 0.29) is 12.0 Å². The lowest BCUT2D eigenvalue weighted by Gasteiger charge is -2.25. The third kappa shape index (κ3) is 3.34. The van der Waals surface area contributed by atoms with Gasteiger partial charge in [-0.15, -0.1) is 0 Å². The Balaban J connectivity index is 1.69. The molecule has 108 valence electrons. The zero-order chi connectivity index (χ0) is 14.7. The first-order valence-electron chi connectivity index (χ1n) is 6.96. The number of rotatable bonds is 3.